The van der Waals surface area contributed by atoms with Gasteiger partial charge in [0, 0.05) is 19.0 Å². The van der Waals surface area contributed by atoms with E-state index in [4.69, 9.17) is 0 Å². The van der Waals surface area contributed by atoms with Crippen LogP contribution in [0.3, 0.4) is 0 Å². The third kappa shape index (κ3) is 5.72. The Bertz CT molecular complexity index is 655. The summed E-state index contributed by atoms with van der Waals surface area (Å²) in [6.45, 7) is 3.65. The fourth-order valence-corrected chi connectivity index (χ4v) is 4.74. The second-order valence-corrected chi connectivity index (χ2v) is 8.32. The van der Waals surface area contributed by atoms with Gasteiger partial charge >= 0.3 is 6.03 Å². The number of hydrogen-bond acceptors (Lipinski definition) is 2. The highest BCUT2D eigenvalue weighted by Crippen LogP contribution is 2.36. The standard InChI is InChI=1S/C22H33N3O2/c1-15-7-5-10-18(13-15)21(17-8-3-4-9-17)25-22(27)24-20-12-6-11-19(14-20)23-16(2)26/h5,7,10,13,17,19-21H,3-4,6,8-9,11-12,14H2,1-2H3,(H,23,26)(H2,24,25,27). The lowest BCUT2D eigenvalue weighted by molar-refractivity contribution is -0.119. The molecule has 1 aromatic carbocycles. The number of hydrogen-bond donors (Lipinski definition) is 3. The van der Waals surface area contributed by atoms with Gasteiger partial charge in [0.25, 0.3) is 0 Å². The van der Waals surface area contributed by atoms with Crippen LogP contribution in [0.1, 0.15) is 75.5 Å². The van der Waals surface area contributed by atoms with Crippen molar-refractivity contribution in [3.63, 3.8) is 0 Å². The van der Waals surface area contributed by atoms with Crippen LogP contribution in [-0.2, 0) is 4.79 Å². The van der Waals surface area contributed by atoms with Crippen LogP contribution in [0.25, 0.3) is 0 Å². The fraction of sp³-hybridized carbons (Fsp3) is 0.636. The molecule has 1 aromatic rings. The van der Waals surface area contributed by atoms with Crippen LogP contribution < -0.4 is 16.0 Å². The first kappa shape index (κ1) is 19.7. The van der Waals surface area contributed by atoms with Crippen molar-refractivity contribution in [2.24, 2.45) is 5.92 Å². The van der Waals surface area contributed by atoms with Gasteiger partial charge in [-0.1, -0.05) is 42.7 Å². The summed E-state index contributed by atoms with van der Waals surface area (Å²) in [5, 5.41) is 9.42. The molecule has 27 heavy (non-hydrogen) atoms. The first-order valence-electron chi connectivity index (χ1n) is 10.4. The molecule has 3 unspecified atom stereocenters. The molecule has 3 atom stereocenters. The maximum atomic E-state index is 12.8. The average molecular weight is 372 g/mol. The van der Waals surface area contributed by atoms with E-state index in [1.165, 1.54) is 36.8 Å². The molecular weight excluding hydrogens is 338 g/mol. The van der Waals surface area contributed by atoms with E-state index in [0.29, 0.717) is 5.92 Å². The molecule has 0 spiro atoms. The van der Waals surface area contributed by atoms with Gasteiger partial charge in [0.05, 0.1) is 6.04 Å². The summed E-state index contributed by atoms with van der Waals surface area (Å²) in [7, 11) is 0. The Hall–Kier alpha value is -2.04. The zero-order valence-corrected chi connectivity index (χ0v) is 16.6. The Morgan fingerprint density at radius 2 is 1.70 bits per heavy atom. The monoisotopic (exact) mass is 371 g/mol. The third-order valence-corrected chi connectivity index (χ3v) is 5.98. The van der Waals surface area contributed by atoms with E-state index in [1.54, 1.807) is 6.92 Å². The topological polar surface area (TPSA) is 70.2 Å². The van der Waals surface area contributed by atoms with Crippen molar-refractivity contribution in [3.8, 4) is 0 Å². The van der Waals surface area contributed by atoms with Crippen LogP contribution in [0.2, 0.25) is 0 Å². The molecular formula is C22H33N3O2. The Morgan fingerprint density at radius 3 is 2.37 bits per heavy atom. The summed E-state index contributed by atoms with van der Waals surface area (Å²) in [6.07, 6.45) is 8.65. The Balaban J connectivity index is 1.61. The van der Waals surface area contributed by atoms with Crippen molar-refractivity contribution in [1.29, 1.82) is 0 Å². The number of carbonyl (C=O) groups is 2. The molecule has 0 saturated heterocycles. The number of carbonyl (C=O) groups excluding carboxylic acids is 2. The van der Waals surface area contributed by atoms with Gasteiger partial charge in [-0.3, -0.25) is 4.79 Å². The molecule has 2 aliphatic carbocycles. The molecule has 0 bridgehead atoms. The number of urea groups is 1. The van der Waals surface area contributed by atoms with Crippen molar-refractivity contribution in [3.05, 3.63) is 35.4 Å². The largest absolute Gasteiger partial charge is 0.354 e. The summed E-state index contributed by atoms with van der Waals surface area (Å²) in [5.41, 5.74) is 2.43. The van der Waals surface area contributed by atoms with Crippen LogP contribution in [-0.4, -0.2) is 24.0 Å². The van der Waals surface area contributed by atoms with E-state index >= 15 is 0 Å². The molecule has 2 aliphatic rings. The van der Waals surface area contributed by atoms with E-state index < -0.39 is 0 Å². The van der Waals surface area contributed by atoms with Gasteiger partial charge in [-0.15, -0.1) is 0 Å². The summed E-state index contributed by atoms with van der Waals surface area (Å²) < 4.78 is 0. The second kappa shape index (κ2) is 9.25. The molecule has 148 valence electrons. The number of benzene rings is 1. The molecule has 0 heterocycles. The molecule has 0 aliphatic heterocycles. The van der Waals surface area contributed by atoms with Gasteiger partial charge < -0.3 is 16.0 Å². The maximum Gasteiger partial charge on any atom is 0.315 e. The summed E-state index contributed by atoms with van der Waals surface area (Å²) in [5.74, 6) is 0.516. The fourth-order valence-electron chi connectivity index (χ4n) is 4.74. The minimum atomic E-state index is -0.0816. The van der Waals surface area contributed by atoms with Crippen LogP contribution >= 0.6 is 0 Å². The molecule has 3 amide bonds. The molecule has 0 aromatic heterocycles. The highest BCUT2D eigenvalue weighted by Gasteiger charge is 2.29. The van der Waals surface area contributed by atoms with Gasteiger partial charge in [0.2, 0.25) is 5.91 Å². The normalized spacial score (nSPS) is 24.2. The predicted octanol–water partition coefficient (Wildman–Crippen LogP) is 3.97. The number of aryl methyl sites for hydroxylation is 1. The molecule has 3 N–H and O–H groups in total. The zero-order valence-electron chi connectivity index (χ0n) is 16.6. The molecule has 5 nitrogen and oxygen atoms in total. The Morgan fingerprint density at radius 1 is 1.00 bits per heavy atom. The van der Waals surface area contributed by atoms with E-state index in [2.05, 4.69) is 47.1 Å². The van der Waals surface area contributed by atoms with E-state index in [1.807, 2.05) is 0 Å². The minimum Gasteiger partial charge on any atom is -0.354 e. The number of amides is 3. The van der Waals surface area contributed by atoms with Crippen LogP contribution in [0.4, 0.5) is 4.79 Å². The van der Waals surface area contributed by atoms with E-state index in [0.717, 1.165) is 25.7 Å². The third-order valence-electron chi connectivity index (χ3n) is 5.98. The SMILES string of the molecule is CC(=O)NC1CCCC(NC(=O)NC(c2cccc(C)c2)C2CCCC2)C1. The minimum absolute atomic E-state index is 0.00541. The molecule has 0 radical (unpaired) electrons. The van der Waals surface area contributed by atoms with Gasteiger partial charge in [-0.25, -0.2) is 4.79 Å². The smallest absolute Gasteiger partial charge is 0.315 e. The van der Waals surface area contributed by atoms with Crippen molar-refractivity contribution in [2.75, 3.05) is 0 Å². The maximum absolute atomic E-state index is 12.8. The second-order valence-electron chi connectivity index (χ2n) is 8.32. The lowest BCUT2D eigenvalue weighted by atomic mass is 9.90. The van der Waals surface area contributed by atoms with Crippen molar-refractivity contribution in [2.45, 2.75) is 83.3 Å². The average Bonchev–Trinajstić information content (AvgIpc) is 3.13. The molecule has 2 saturated carbocycles. The summed E-state index contributed by atoms with van der Waals surface area (Å²) in [4.78, 5) is 24.1. The van der Waals surface area contributed by atoms with Crippen LogP contribution in [0, 0.1) is 12.8 Å². The first-order chi connectivity index (χ1) is 13.0. The number of rotatable bonds is 5. The van der Waals surface area contributed by atoms with E-state index in [-0.39, 0.29) is 30.1 Å². The van der Waals surface area contributed by atoms with Crippen molar-refractivity contribution in [1.82, 2.24) is 16.0 Å². The van der Waals surface area contributed by atoms with Gasteiger partial charge in [-0.05, 0) is 56.9 Å². The summed E-state index contributed by atoms with van der Waals surface area (Å²) >= 11 is 0. The van der Waals surface area contributed by atoms with Crippen LogP contribution in [0.15, 0.2) is 24.3 Å². The van der Waals surface area contributed by atoms with Gasteiger partial charge in [0.1, 0.15) is 0 Å². The predicted molar refractivity (Wildman–Crippen MR) is 107 cm³/mol. The first-order valence-corrected chi connectivity index (χ1v) is 10.4. The van der Waals surface area contributed by atoms with Gasteiger partial charge in [0.15, 0.2) is 0 Å². The van der Waals surface area contributed by atoms with Crippen molar-refractivity contribution < 1.29 is 9.59 Å². The summed E-state index contributed by atoms with van der Waals surface area (Å²) in [6, 6.07) is 8.77. The highest BCUT2D eigenvalue weighted by molar-refractivity contribution is 5.75. The Labute approximate surface area is 162 Å². The van der Waals surface area contributed by atoms with E-state index in [9.17, 15) is 9.59 Å². The lowest BCUT2D eigenvalue weighted by Gasteiger charge is -2.31. The lowest BCUT2D eigenvalue weighted by Crippen LogP contribution is -2.49. The zero-order chi connectivity index (χ0) is 19.2. The molecule has 2 fully saturated rings. The van der Waals surface area contributed by atoms with Crippen molar-refractivity contribution >= 4 is 11.9 Å². The highest BCUT2D eigenvalue weighted by atomic mass is 16.2. The quantitative estimate of drug-likeness (QED) is 0.733. The van der Waals surface area contributed by atoms with Crippen LogP contribution in [0.5, 0.6) is 0 Å². The Kier molecular flexibility index (Phi) is 6.75. The number of nitrogens with one attached hydrogen (secondary N) is 3. The van der Waals surface area contributed by atoms with Gasteiger partial charge in [-0.2, -0.15) is 0 Å². The molecule has 3 rings (SSSR count). The molecule has 5 heteroatoms.